The summed E-state index contributed by atoms with van der Waals surface area (Å²) in [6.45, 7) is 0.137. The van der Waals surface area contributed by atoms with E-state index in [4.69, 9.17) is 14.6 Å². The van der Waals surface area contributed by atoms with Gasteiger partial charge in [-0.2, -0.15) is 0 Å². The molecule has 2 aromatic carbocycles. The number of methoxy groups -OCH3 is 1. The van der Waals surface area contributed by atoms with Gasteiger partial charge in [0.2, 0.25) is 0 Å². The van der Waals surface area contributed by atoms with Crippen molar-refractivity contribution in [2.75, 3.05) is 13.7 Å². The van der Waals surface area contributed by atoms with Crippen molar-refractivity contribution in [3.05, 3.63) is 58.6 Å². The maximum Gasteiger partial charge on any atom is 0.169 e. The van der Waals surface area contributed by atoms with Crippen LogP contribution in [0.1, 0.15) is 12.0 Å². The van der Waals surface area contributed by atoms with Gasteiger partial charge >= 0.3 is 0 Å². The molecule has 0 unspecified atom stereocenters. The van der Waals surface area contributed by atoms with Crippen molar-refractivity contribution in [1.29, 1.82) is 0 Å². The second-order valence-electron chi connectivity index (χ2n) is 4.35. The number of rotatable bonds is 6. The highest BCUT2D eigenvalue weighted by molar-refractivity contribution is 9.10. The first-order valence-electron chi connectivity index (χ1n) is 6.62. The Hall–Kier alpha value is -1.78. The molecule has 4 heteroatoms. The fourth-order valence-corrected chi connectivity index (χ4v) is 2.27. The van der Waals surface area contributed by atoms with E-state index in [0.717, 1.165) is 15.8 Å². The summed E-state index contributed by atoms with van der Waals surface area (Å²) in [4.78, 5) is 0. The van der Waals surface area contributed by atoms with Crippen LogP contribution in [-0.4, -0.2) is 18.8 Å². The van der Waals surface area contributed by atoms with Gasteiger partial charge in [-0.25, -0.2) is 0 Å². The Kier molecular flexibility index (Phi) is 5.84. The minimum atomic E-state index is 0.137. The molecule has 2 rings (SSSR count). The van der Waals surface area contributed by atoms with E-state index in [2.05, 4.69) is 15.9 Å². The van der Waals surface area contributed by atoms with Crippen molar-refractivity contribution >= 4 is 22.0 Å². The van der Waals surface area contributed by atoms with E-state index in [1.54, 1.807) is 7.11 Å². The monoisotopic (exact) mass is 348 g/mol. The molecule has 0 bridgehead atoms. The number of hydrogen-bond acceptors (Lipinski definition) is 3. The normalized spacial score (nSPS) is 10.8. The van der Waals surface area contributed by atoms with Gasteiger partial charge in [0, 0.05) is 11.1 Å². The van der Waals surface area contributed by atoms with Crippen molar-refractivity contribution in [2.24, 2.45) is 0 Å². The van der Waals surface area contributed by atoms with Crippen molar-refractivity contribution < 1.29 is 14.6 Å². The predicted molar refractivity (Wildman–Crippen MR) is 87.9 cm³/mol. The Bertz CT molecular complexity index is 609. The molecule has 0 heterocycles. The lowest BCUT2D eigenvalue weighted by atomic mass is 10.1. The van der Waals surface area contributed by atoms with Crippen LogP contribution in [0.4, 0.5) is 0 Å². The molecule has 0 amide bonds. The van der Waals surface area contributed by atoms with Crippen LogP contribution in [-0.2, 0) is 0 Å². The Morgan fingerprint density at radius 2 is 1.90 bits per heavy atom. The van der Waals surface area contributed by atoms with Gasteiger partial charge in [-0.3, -0.25) is 0 Å². The summed E-state index contributed by atoms with van der Waals surface area (Å²) in [7, 11) is 1.61. The van der Waals surface area contributed by atoms with Crippen LogP contribution >= 0.6 is 15.9 Å². The van der Waals surface area contributed by atoms with Crippen LogP contribution in [0, 0.1) is 0 Å². The number of aliphatic hydroxyl groups excluding tert-OH is 1. The molecule has 0 radical (unpaired) electrons. The molecular weight excluding hydrogens is 332 g/mol. The van der Waals surface area contributed by atoms with E-state index >= 15 is 0 Å². The SMILES string of the molecule is COc1cc(Br)c(C=CCCO)cc1Oc1ccccc1. The summed E-state index contributed by atoms with van der Waals surface area (Å²) in [5, 5.41) is 8.84. The quantitative estimate of drug-likeness (QED) is 0.825. The van der Waals surface area contributed by atoms with E-state index in [9.17, 15) is 0 Å². The second-order valence-corrected chi connectivity index (χ2v) is 5.21. The van der Waals surface area contributed by atoms with Crippen molar-refractivity contribution in [2.45, 2.75) is 6.42 Å². The van der Waals surface area contributed by atoms with Crippen molar-refractivity contribution in [3.8, 4) is 17.2 Å². The molecule has 0 aliphatic rings. The lowest BCUT2D eigenvalue weighted by molar-refractivity contribution is 0.303. The zero-order chi connectivity index (χ0) is 15.1. The smallest absolute Gasteiger partial charge is 0.169 e. The molecule has 0 saturated carbocycles. The van der Waals surface area contributed by atoms with Crippen LogP contribution in [0.2, 0.25) is 0 Å². The van der Waals surface area contributed by atoms with Crippen molar-refractivity contribution in [3.63, 3.8) is 0 Å². The summed E-state index contributed by atoms with van der Waals surface area (Å²) < 4.78 is 12.1. The summed E-state index contributed by atoms with van der Waals surface area (Å²) in [5.41, 5.74) is 0.968. The highest BCUT2D eigenvalue weighted by Crippen LogP contribution is 2.36. The van der Waals surface area contributed by atoms with Gasteiger partial charge in [-0.15, -0.1) is 0 Å². The Morgan fingerprint density at radius 1 is 1.14 bits per heavy atom. The second kappa shape index (κ2) is 7.86. The Morgan fingerprint density at radius 3 is 2.57 bits per heavy atom. The van der Waals surface area contributed by atoms with Crippen LogP contribution in [0.25, 0.3) is 6.08 Å². The summed E-state index contributed by atoms with van der Waals surface area (Å²) in [6, 6.07) is 13.3. The van der Waals surface area contributed by atoms with Crippen LogP contribution < -0.4 is 9.47 Å². The van der Waals surface area contributed by atoms with Crippen LogP contribution in [0.5, 0.6) is 17.2 Å². The molecule has 1 N–H and O–H groups in total. The fourth-order valence-electron chi connectivity index (χ4n) is 1.82. The Balaban J connectivity index is 2.32. The molecule has 0 saturated heterocycles. The summed E-state index contributed by atoms with van der Waals surface area (Å²) in [6.07, 6.45) is 4.48. The molecular formula is C17H17BrO3. The van der Waals surface area contributed by atoms with Crippen molar-refractivity contribution in [1.82, 2.24) is 0 Å². The van der Waals surface area contributed by atoms with E-state index in [-0.39, 0.29) is 6.61 Å². The number of para-hydroxylation sites is 1. The first-order chi connectivity index (χ1) is 10.2. The third kappa shape index (κ3) is 4.34. The topological polar surface area (TPSA) is 38.7 Å². The largest absolute Gasteiger partial charge is 0.493 e. The van der Waals surface area contributed by atoms with Crippen LogP contribution in [0.3, 0.4) is 0 Å². The first kappa shape index (κ1) is 15.6. The number of halogens is 1. The molecule has 0 aromatic heterocycles. The molecule has 0 atom stereocenters. The third-order valence-corrected chi connectivity index (χ3v) is 3.53. The minimum Gasteiger partial charge on any atom is -0.493 e. The standard InChI is InChI=1S/C17H17BrO3/c1-20-16-12-15(18)13(7-5-6-10-19)11-17(16)21-14-8-3-2-4-9-14/h2-5,7-9,11-12,19H,6,10H2,1H3. The molecule has 110 valence electrons. The van der Waals surface area contributed by atoms with Gasteiger partial charge in [-0.1, -0.05) is 46.3 Å². The fraction of sp³-hybridized carbons (Fsp3) is 0.176. The van der Waals surface area contributed by atoms with Gasteiger partial charge in [0.15, 0.2) is 11.5 Å². The molecule has 0 aliphatic heterocycles. The molecule has 0 spiro atoms. The van der Waals surface area contributed by atoms with Gasteiger partial charge in [-0.05, 0) is 36.2 Å². The van der Waals surface area contributed by atoms with E-state index in [1.165, 1.54) is 0 Å². The maximum absolute atomic E-state index is 8.84. The molecule has 2 aromatic rings. The van der Waals surface area contributed by atoms with E-state index in [0.29, 0.717) is 17.9 Å². The Labute approximate surface area is 133 Å². The number of aliphatic hydroxyl groups is 1. The first-order valence-corrected chi connectivity index (χ1v) is 7.41. The van der Waals surface area contributed by atoms with Crippen LogP contribution in [0.15, 0.2) is 53.0 Å². The van der Waals surface area contributed by atoms with Gasteiger partial charge in [0.1, 0.15) is 5.75 Å². The molecule has 0 aliphatic carbocycles. The number of ether oxygens (including phenoxy) is 2. The zero-order valence-corrected chi connectivity index (χ0v) is 13.3. The molecule has 3 nitrogen and oxygen atoms in total. The molecule has 0 fully saturated rings. The summed E-state index contributed by atoms with van der Waals surface area (Å²) >= 11 is 3.51. The van der Waals surface area contributed by atoms with Gasteiger partial charge in [0.25, 0.3) is 0 Å². The third-order valence-electron chi connectivity index (χ3n) is 2.85. The lowest BCUT2D eigenvalue weighted by Crippen LogP contribution is -1.92. The summed E-state index contributed by atoms with van der Waals surface area (Å²) in [5.74, 6) is 2.06. The lowest BCUT2D eigenvalue weighted by Gasteiger charge is -2.12. The van der Waals surface area contributed by atoms with Gasteiger partial charge < -0.3 is 14.6 Å². The average Bonchev–Trinajstić information content (AvgIpc) is 2.51. The van der Waals surface area contributed by atoms with Gasteiger partial charge in [0.05, 0.1) is 7.11 Å². The highest BCUT2D eigenvalue weighted by atomic mass is 79.9. The van der Waals surface area contributed by atoms with E-state index in [1.807, 2.05) is 54.6 Å². The number of hydrogen-bond donors (Lipinski definition) is 1. The average molecular weight is 349 g/mol. The maximum atomic E-state index is 8.84. The number of benzene rings is 2. The zero-order valence-electron chi connectivity index (χ0n) is 11.8. The highest BCUT2D eigenvalue weighted by Gasteiger charge is 2.09. The molecule has 21 heavy (non-hydrogen) atoms. The predicted octanol–water partition coefficient (Wildman–Crippen LogP) is 4.65. The minimum absolute atomic E-state index is 0.137. The van der Waals surface area contributed by atoms with E-state index < -0.39 is 0 Å².